The van der Waals surface area contributed by atoms with E-state index in [1.54, 1.807) is 0 Å². The zero-order valence-electron chi connectivity index (χ0n) is 5.67. The Morgan fingerprint density at radius 2 is 1.90 bits per heavy atom. The van der Waals surface area contributed by atoms with Crippen LogP contribution in [-0.2, 0) is 6.16 Å². The van der Waals surface area contributed by atoms with Crippen LogP contribution in [0.15, 0.2) is 18.2 Å². The Hall–Kier alpha value is -0.610. The SMILES string of the molecule is PCc1ccc2c(c1)C=C2. The number of rotatable bonds is 1. The van der Waals surface area contributed by atoms with Crippen molar-refractivity contribution < 1.29 is 0 Å². The van der Waals surface area contributed by atoms with Gasteiger partial charge in [0.2, 0.25) is 0 Å². The van der Waals surface area contributed by atoms with Crippen LogP contribution < -0.4 is 0 Å². The molecule has 1 aliphatic rings. The van der Waals surface area contributed by atoms with E-state index in [0.717, 1.165) is 6.16 Å². The summed E-state index contributed by atoms with van der Waals surface area (Å²) in [7, 11) is 2.73. The normalized spacial score (nSPS) is 12.5. The van der Waals surface area contributed by atoms with E-state index in [0.29, 0.717) is 0 Å². The summed E-state index contributed by atoms with van der Waals surface area (Å²) in [5.41, 5.74) is 4.16. The highest BCUT2D eigenvalue weighted by Crippen LogP contribution is 2.24. The Morgan fingerprint density at radius 3 is 2.40 bits per heavy atom. The first kappa shape index (κ1) is 6.12. The van der Waals surface area contributed by atoms with Gasteiger partial charge < -0.3 is 0 Å². The van der Waals surface area contributed by atoms with Gasteiger partial charge in [0, 0.05) is 0 Å². The van der Waals surface area contributed by atoms with Crippen LogP contribution in [0.25, 0.3) is 12.2 Å². The lowest BCUT2D eigenvalue weighted by molar-refractivity contribution is 1.39. The molecule has 0 amide bonds. The molecule has 0 aliphatic heterocycles. The van der Waals surface area contributed by atoms with Gasteiger partial charge in [0.05, 0.1) is 0 Å². The molecule has 0 fully saturated rings. The first-order chi connectivity index (χ1) is 4.90. The fraction of sp³-hybridized carbons (Fsp3) is 0.111. The Labute approximate surface area is 63.2 Å². The van der Waals surface area contributed by atoms with Crippen molar-refractivity contribution in [2.75, 3.05) is 0 Å². The van der Waals surface area contributed by atoms with Gasteiger partial charge in [0.15, 0.2) is 0 Å². The molecule has 0 saturated carbocycles. The average molecular weight is 148 g/mol. The van der Waals surface area contributed by atoms with Crippen LogP contribution in [-0.4, -0.2) is 0 Å². The Bertz CT molecular complexity index is 287. The van der Waals surface area contributed by atoms with E-state index in [9.17, 15) is 0 Å². The van der Waals surface area contributed by atoms with Gasteiger partial charge in [-0.15, -0.1) is 9.24 Å². The summed E-state index contributed by atoms with van der Waals surface area (Å²) in [5.74, 6) is 0. The van der Waals surface area contributed by atoms with Crippen molar-refractivity contribution in [1.29, 1.82) is 0 Å². The van der Waals surface area contributed by atoms with Gasteiger partial charge in [-0.2, -0.15) is 0 Å². The molecule has 0 heterocycles. The number of hydrogen-bond donors (Lipinski definition) is 0. The second kappa shape index (κ2) is 2.21. The third-order valence-electron chi connectivity index (χ3n) is 1.83. The molecular formula is C9H9P. The lowest BCUT2D eigenvalue weighted by Gasteiger charge is -2.10. The highest BCUT2D eigenvalue weighted by atomic mass is 31.0. The lowest BCUT2D eigenvalue weighted by atomic mass is 9.96. The summed E-state index contributed by atoms with van der Waals surface area (Å²) >= 11 is 0. The van der Waals surface area contributed by atoms with Crippen LogP contribution in [0.1, 0.15) is 16.7 Å². The highest BCUT2D eigenvalue weighted by Gasteiger charge is 2.03. The minimum absolute atomic E-state index is 1.06. The summed E-state index contributed by atoms with van der Waals surface area (Å²) in [6.07, 6.45) is 5.35. The van der Waals surface area contributed by atoms with Crippen LogP contribution >= 0.6 is 9.24 Å². The smallest absolute Gasteiger partial charge is 0.0128 e. The van der Waals surface area contributed by atoms with Crippen molar-refractivity contribution in [1.82, 2.24) is 0 Å². The van der Waals surface area contributed by atoms with Crippen LogP contribution in [0.5, 0.6) is 0 Å². The van der Waals surface area contributed by atoms with E-state index >= 15 is 0 Å². The Balaban J connectivity index is 2.46. The van der Waals surface area contributed by atoms with Crippen LogP contribution in [0.4, 0.5) is 0 Å². The predicted molar refractivity (Wildman–Crippen MR) is 48.8 cm³/mol. The van der Waals surface area contributed by atoms with Gasteiger partial charge in [0.25, 0.3) is 0 Å². The number of hydrogen-bond acceptors (Lipinski definition) is 0. The standard InChI is InChI=1S/C9H9P/c10-6-7-1-2-8-3-4-9(8)5-7/h1-5H,6,10H2. The van der Waals surface area contributed by atoms with Gasteiger partial charge in [0.1, 0.15) is 0 Å². The molecule has 1 unspecified atom stereocenters. The summed E-state index contributed by atoms with van der Waals surface area (Å²) < 4.78 is 0. The monoisotopic (exact) mass is 148 g/mol. The first-order valence-electron chi connectivity index (χ1n) is 3.41. The fourth-order valence-corrected chi connectivity index (χ4v) is 1.38. The second-order valence-electron chi connectivity index (χ2n) is 2.50. The van der Waals surface area contributed by atoms with Crippen LogP contribution in [0.3, 0.4) is 0 Å². The van der Waals surface area contributed by atoms with Crippen molar-refractivity contribution in [3.8, 4) is 0 Å². The molecule has 0 nitrogen and oxygen atoms in total. The zero-order valence-corrected chi connectivity index (χ0v) is 6.83. The van der Waals surface area contributed by atoms with Crippen LogP contribution in [0.2, 0.25) is 0 Å². The third kappa shape index (κ3) is 0.803. The highest BCUT2D eigenvalue weighted by molar-refractivity contribution is 7.15. The minimum Gasteiger partial charge on any atom is -0.133 e. The van der Waals surface area contributed by atoms with Crippen LogP contribution in [0, 0.1) is 0 Å². The largest absolute Gasteiger partial charge is 0.133 e. The average Bonchev–Trinajstić information content (AvgIpc) is 1.92. The maximum Gasteiger partial charge on any atom is -0.0128 e. The minimum atomic E-state index is 1.06. The molecule has 2 rings (SSSR count). The van der Waals surface area contributed by atoms with E-state index in [1.165, 1.54) is 16.7 Å². The first-order valence-corrected chi connectivity index (χ1v) is 4.23. The van der Waals surface area contributed by atoms with Crippen molar-refractivity contribution in [3.05, 3.63) is 34.9 Å². The number of benzene rings is 1. The van der Waals surface area contributed by atoms with Gasteiger partial charge >= 0.3 is 0 Å². The third-order valence-corrected chi connectivity index (χ3v) is 2.30. The van der Waals surface area contributed by atoms with Crippen molar-refractivity contribution >= 4 is 21.4 Å². The Kier molecular flexibility index (Phi) is 1.35. The number of fused-ring (bicyclic) bond motifs is 1. The maximum atomic E-state index is 2.73. The molecule has 0 spiro atoms. The molecule has 1 aromatic carbocycles. The van der Waals surface area contributed by atoms with Gasteiger partial charge in [-0.1, -0.05) is 30.4 Å². The van der Waals surface area contributed by atoms with Crippen molar-refractivity contribution in [2.45, 2.75) is 6.16 Å². The molecule has 0 bridgehead atoms. The quantitative estimate of drug-likeness (QED) is 0.545. The topological polar surface area (TPSA) is 0 Å². The molecule has 1 heteroatoms. The molecule has 0 aromatic heterocycles. The second-order valence-corrected chi connectivity index (χ2v) is 2.91. The summed E-state index contributed by atoms with van der Waals surface area (Å²) in [6.45, 7) is 0. The molecule has 10 heavy (non-hydrogen) atoms. The molecule has 1 aliphatic carbocycles. The van der Waals surface area contributed by atoms with Gasteiger partial charge in [-0.25, -0.2) is 0 Å². The molecule has 1 atom stereocenters. The zero-order chi connectivity index (χ0) is 6.97. The van der Waals surface area contributed by atoms with Crippen molar-refractivity contribution in [3.63, 3.8) is 0 Å². The van der Waals surface area contributed by atoms with Gasteiger partial charge in [-0.05, 0) is 22.9 Å². The summed E-state index contributed by atoms with van der Waals surface area (Å²) in [4.78, 5) is 0. The van der Waals surface area contributed by atoms with E-state index in [2.05, 4.69) is 39.6 Å². The molecule has 0 N–H and O–H groups in total. The molecule has 50 valence electrons. The fourth-order valence-electron chi connectivity index (χ4n) is 1.13. The van der Waals surface area contributed by atoms with E-state index in [-0.39, 0.29) is 0 Å². The lowest BCUT2D eigenvalue weighted by Crippen LogP contribution is -1.90. The summed E-state index contributed by atoms with van der Waals surface area (Å²) in [5, 5.41) is 0. The van der Waals surface area contributed by atoms with Gasteiger partial charge in [-0.3, -0.25) is 0 Å². The molecule has 1 aromatic rings. The van der Waals surface area contributed by atoms with Crippen molar-refractivity contribution in [2.24, 2.45) is 0 Å². The molecule has 0 radical (unpaired) electrons. The molecule has 0 saturated heterocycles. The maximum absolute atomic E-state index is 2.73. The molecular weight excluding hydrogens is 139 g/mol. The predicted octanol–water partition coefficient (Wildman–Crippen LogP) is 2.55. The van der Waals surface area contributed by atoms with E-state index < -0.39 is 0 Å². The van der Waals surface area contributed by atoms with E-state index in [4.69, 9.17) is 0 Å². The summed E-state index contributed by atoms with van der Waals surface area (Å²) in [6, 6.07) is 6.59. The Morgan fingerprint density at radius 1 is 1.10 bits per heavy atom. The van der Waals surface area contributed by atoms with E-state index in [1.807, 2.05) is 0 Å².